The average Bonchev–Trinajstić information content (AvgIpc) is 2.43. The van der Waals surface area contributed by atoms with E-state index in [1.807, 2.05) is 12.1 Å². The predicted octanol–water partition coefficient (Wildman–Crippen LogP) is 3.11. The Hall–Kier alpha value is -1.76. The number of aliphatic carboxylic acids is 1. The van der Waals surface area contributed by atoms with Crippen LogP contribution in [0.25, 0.3) is 0 Å². The van der Waals surface area contributed by atoms with E-state index in [0.29, 0.717) is 0 Å². The number of carbonyl (C=O) groups excluding carboxylic acids is 1. The minimum absolute atomic E-state index is 0.675. The summed E-state index contributed by atoms with van der Waals surface area (Å²) in [5.41, 5.74) is 0.464. The van der Waals surface area contributed by atoms with Crippen molar-refractivity contribution in [3.05, 3.63) is 30.1 Å². The van der Waals surface area contributed by atoms with Gasteiger partial charge in [0.25, 0.3) is 0 Å². The summed E-state index contributed by atoms with van der Waals surface area (Å²) in [6.45, 7) is 8.81. The van der Waals surface area contributed by atoms with Crippen molar-refractivity contribution in [3.8, 4) is 0 Å². The number of thioether (sulfide) groups is 1. The van der Waals surface area contributed by atoms with Crippen molar-refractivity contribution in [1.82, 2.24) is 10.3 Å². The summed E-state index contributed by atoms with van der Waals surface area (Å²) < 4.78 is 4.47. The fourth-order valence-electron chi connectivity index (χ4n) is 2.02. The van der Waals surface area contributed by atoms with E-state index < -0.39 is 28.5 Å². The molecule has 1 heterocycles. The molecule has 1 aromatic heterocycles. The van der Waals surface area contributed by atoms with Gasteiger partial charge in [-0.05, 0) is 64.5 Å². The third-order valence-corrected chi connectivity index (χ3v) is 4.61. The minimum Gasteiger partial charge on any atom is -0.480 e. The summed E-state index contributed by atoms with van der Waals surface area (Å²) in [6.07, 6.45) is 3.54. The van der Waals surface area contributed by atoms with E-state index in [1.54, 1.807) is 47.0 Å². The molecule has 0 saturated heterocycles. The minimum atomic E-state index is -1.08. The fourth-order valence-corrected chi connectivity index (χ4v) is 3.21. The molecule has 0 spiro atoms. The number of rotatable bonds is 7. The lowest BCUT2D eigenvalue weighted by molar-refractivity contribution is -0.140. The van der Waals surface area contributed by atoms with Crippen molar-refractivity contribution < 1.29 is 19.4 Å². The van der Waals surface area contributed by atoms with Crippen LogP contribution >= 0.6 is 11.8 Å². The smallest absolute Gasteiger partial charge is 0.408 e. The van der Waals surface area contributed by atoms with Gasteiger partial charge in [-0.2, -0.15) is 11.8 Å². The SMILES string of the molecule is CC(C)(C)OC(=O)N[C@H](C(=O)O)C(C)(C)SCCc1ccncc1. The maximum atomic E-state index is 11.9. The van der Waals surface area contributed by atoms with Crippen molar-refractivity contribution in [2.45, 2.75) is 57.4 Å². The molecule has 0 aliphatic rings. The van der Waals surface area contributed by atoms with Gasteiger partial charge in [-0.3, -0.25) is 4.98 Å². The molecule has 134 valence electrons. The molecular formula is C17H26N2O4S. The average molecular weight is 354 g/mol. The molecule has 0 aliphatic heterocycles. The van der Waals surface area contributed by atoms with Crippen LogP contribution in [0.5, 0.6) is 0 Å². The third kappa shape index (κ3) is 7.21. The topological polar surface area (TPSA) is 88.5 Å². The Balaban J connectivity index is 2.64. The predicted molar refractivity (Wildman–Crippen MR) is 95.3 cm³/mol. The second kappa shape index (κ2) is 8.37. The van der Waals surface area contributed by atoms with Crippen molar-refractivity contribution in [1.29, 1.82) is 0 Å². The molecule has 0 aromatic carbocycles. The fraction of sp³-hybridized carbons (Fsp3) is 0.588. The van der Waals surface area contributed by atoms with Crippen molar-refractivity contribution in [2.24, 2.45) is 0 Å². The van der Waals surface area contributed by atoms with E-state index in [-0.39, 0.29) is 0 Å². The maximum Gasteiger partial charge on any atom is 0.408 e. The van der Waals surface area contributed by atoms with Gasteiger partial charge in [0.2, 0.25) is 0 Å². The second-order valence-electron chi connectivity index (χ2n) is 6.97. The van der Waals surface area contributed by atoms with E-state index in [1.165, 1.54) is 11.8 Å². The number of pyridine rings is 1. The molecule has 1 atom stereocenters. The van der Waals surface area contributed by atoms with Gasteiger partial charge in [0.05, 0.1) is 0 Å². The monoisotopic (exact) mass is 354 g/mol. The Labute approximate surface area is 147 Å². The molecule has 0 unspecified atom stereocenters. The second-order valence-corrected chi connectivity index (χ2v) is 8.72. The lowest BCUT2D eigenvalue weighted by atomic mass is 10.0. The Kier molecular flexibility index (Phi) is 7.08. The first-order chi connectivity index (χ1) is 11.0. The number of hydrogen-bond acceptors (Lipinski definition) is 5. The molecule has 6 nitrogen and oxygen atoms in total. The Morgan fingerprint density at radius 1 is 1.25 bits per heavy atom. The van der Waals surface area contributed by atoms with Crippen LogP contribution in [0.1, 0.15) is 40.2 Å². The number of alkyl carbamates (subject to hydrolysis) is 1. The number of ether oxygens (including phenoxy) is 1. The number of amides is 1. The van der Waals surface area contributed by atoms with Crippen molar-refractivity contribution in [2.75, 3.05) is 5.75 Å². The zero-order valence-electron chi connectivity index (χ0n) is 14.8. The molecule has 0 bridgehead atoms. The van der Waals surface area contributed by atoms with E-state index in [0.717, 1.165) is 17.7 Å². The third-order valence-electron chi connectivity index (χ3n) is 3.22. The Morgan fingerprint density at radius 2 is 1.83 bits per heavy atom. The van der Waals surface area contributed by atoms with Crippen LogP contribution < -0.4 is 5.32 Å². The first-order valence-corrected chi connectivity index (χ1v) is 8.75. The first kappa shape index (κ1) is 20.3. The van der Waals surface area contributed by atoms with Crippen LogP contribution in [0.3, 0.4) is 0 Å². The number of aromatic nitrogens is 1. The highest BCUT2D eigenvalue weighted by molar-refractivity contribution is 8.00. The lowest BCUT2D eigenvalue weighted by Crippen LogP contribution is -2.53. The Morgan fingerprint density at radius 3 is 2.33 bits per heavy atom. The highest BCUT2D eigenvalue weighted by atomic mass is 32.2. The molecular weight excluding hydrogens is 328 g/mol. The zero-order chi connectivity index (χ0) is 18.4. The molecule has 1 amide bonds. The number of hydrogen-bond donors (Lipinski definition) is 2. The van der Waals surface area contributed by atoms with Gasteiger partial charge in [-0.25, -0.2) is 9.59 Å². The van der Waals surface area contributed by atoms with E-state index in [4.69, 9.17) is 4.74 Å². The molecule has 0 fully saturated rings. The molecule has 7 heteroatoms. The van der Waals surface area contributed by atoms with E-state index in [2.05, 4.69) is 10.3 Å². The quantitative estimate of drug-likeness (QED) is 0.782. The zero-order valence-corrected chi connectivity index (χ0v) is 15.6. The van der Waals surface area contributed by atoms with Crippen LogP contribution in [0, 0.1) is 0 Å². The number of carboxylic acid groups (broad SMARTS) is 1. The highest BCUT2D eigenvalue weighted by Gasteiger charge is 2.38. The standard InChI is InChI=1S/C17H26N2O4S/c1-16(2,3)23-15(22)19-13(14(20)21)17(4,5)24-11-8-12-6-9-18-10-7-12/h6-7,9-10,13H,8,11H2,1-5H3,(H,19,22)(H,20,21)/t13-/m1/s1. The summed E-state index contributed by atoms with van der Waals surface area (Å²) in [4.78, 5) is 27.5. The van der Waals surface area contributed by atoms with E-state index >= 15 is 0 Å². The van der Waals surface area contributed by atoms with E-state index in [9.17, 15) is 14.7 Å². The molecule has 1 rings (SSSR count). The van der Waals surface area contributed by atoms with Gasteiger partial charge in [0.1, 0.15) is 11.6 Å². The summed E-state index contributed by atoms with van der Waals surface area (Å²) >= 11 is 1.50. The molecule has 0 aliphatic carbocycles. The van der Waals surface area contributed by atoms with Crippen LogP contribution in [-0.2, 0) is 16.0 Å². The summed E-state index contributed by atoms with van der Waals surface area (Å²) in [6, 6.07) is 2.82. The first-order valence-electron chi connectivity index (χ1n) is 7.76. The van der Waals surface area contributed by atoms with Gasteiger partial charge in [-0.1, -0.05) is 0 Å². The summed E-state index contributed by atoms with van der Waals surface area (Å²) in [7, 11) is 0. The Bertz CT molecular complexity index is 555. The van der Waals surface area contributed by atoms with Gasteiger partial charge in [-0.15, -0.1) is 0 Å². The van der Waals surface area contributed by atoms with Crippen LogP contribution in [0.2, 0.25) is 0 Å². The van der Waals surface area contributed by atoms with Crippen molar-refractivity contribution in [3.63, 3.8) is 0 Å². The largest absolute Gasteiger partial charge is 0.480 e. The molecule has 1 aromatic rings. The maximum absolute atomic E-state index is 11.9. The highest BCUT2D eigenvalue weighted by Crippen LogP contribution is 2.29. The van der Waals surface area contributed by atoms with Crippen LogP contribution in [0.15, 0.2) is 24.5 Å². The van der Waals surface area contributed by atoms with Gasteiger partial charge >= 0.3 is 12.1 Å². The summed E-state index contributed by atoms with van der Waals surface area (Å²) in [5, 5.41) is 12.0. The van der Waals surface area contributed by atoms with Gasteiger partial charge < -0.3 is 15.2 Å². The number of aryl methyl sites for hydroxylation is 1. The van der Waals surface area contributed by atoms with Gasteiger partial charge in [0, 0.05) is 17.1 Å². The van der Waals surface area contributed by atoms with Crippen molar-refractivity contribution >= 4 is 23.8 Å². The summed E-state index contributed by atoms with van der Waals surface area (Å²) in [5.74, 6) is -0.348. The number of nitrogens with one attached hydrogen (secondary N) is 1. The number of nitrogens with zero attached hydrogens (tertiary/aromatic N) is 1. The molecule has 24 heavy (non-hydrogen) atoms. The van der Waals surface area contributed by atoms with Gasteiger partial charge in [0.15, 0.2) is 0 Å². The molecule has 0 saturated carbocycles. The molecule has 0 radical (unpaired) electrons. The lowest BCUT2D eigenvalue weighted by Gasteiger charge is -2.32. The number of carboxylic acids is 1. The number of carbonyl (C=O) groups is 2. The van der Waals surface area contributed by atoms with Crippen LogP contribution in [0.4, 0.5) is 4.79 Å². The van der Waals surface area contributed by atoms with Crippen LogP contribution in [-0.4, -0.2) is 44.3 Å². The normalized spacial score (nSPS) is 13.2. The molecule has 2 N–H and O–H groups in total.